The van der Waals surface area contributed by atoms with Gasteiger partial charge in [-0.25, -0.2) is 4.79 Å². The first-order valence-electron chi connectivity index (χ1n) is 5.98. The van der Waals surface area contributed by atoms with E-state index in [4.69, 9.17) is 11.6 Å². The van der Waals surface area contributed by atoms with Gasteiger partial charge >= 0.3 is 6.03 Å². The lowest BCUT2D eigenvalue weighted by molar-refractivity contribution is -0.127. The topological polar surface area (TPSA) is 49.4 Å². The lowest BCUT2D eigenvalue weighted by Crippen LogP contribution is -2.31. The zero-order chi connectivity index (χ0) is 13.8. The van der Waals surface area contributed by atoms with Crippen molar-refractivity contribution in [1.82, 2.24) is 10.2 Å². The van der Waals surface area contributed by atoms with Gasteiger partial charge in [-0.3, -0.25) is 9.69 Å². The van der Waals surface area contributed by atoms with Crippen LogP contribution in [0.2, 0.25) is 5.02 Å². The molecule has 0 saturated carbocycles. The molecule has 4 nitrogen and oxygen atoms in total. The maximum Gasteiger partial charge on any atom is 0.325 e. The van der Waals surface area contributed by atoms with Gasteiger partial charge < -0.3 is 5.32 Å². The fraction of sp³-hybridized carbons (Fsp3) is 0.286. The fourth-order valence-electron chi connectivity index (χ4n) is 1.76. The van der Waals surface area contributed by atoms with Crippen LogP contribution in [-0.2, 0) is 4.79 Å². The molecule has 5 heteroatoms. The molecule has 19 heavy (non-hydrogen) atoms. The summed E-state index contributed by atoms with van der Waals surface area (Å²) in [6.45, 7) is 1.95. The monoisotopic (exact) mass is 276 g/mol. The van der Waals surface area contributed by atoms with Crippen molar-refractivity contribution in [2.24, 2.45) is 0 Å². The smallest absolute Gasteiger partial charge is 0.325 e. The summed E-state index contributed by atoms with van der Waals surface area (Å²) in [6, 6.07) is 6.28. The van der Waals surface area contributed by atoms with Crippen LogP contribution >= 0.6 is 11.6 Å². The molecule has 1 aliphatic rings. The molecular formula is C14H13ClN2O2. The van der Waals surface area contributed by atoms with Crippen molar-refractivity contribution in [1.29, 1.82) is 0 Å². The minimum atomic E-state index is -0.412. The van der Waals surface area contributed by atoms with E-state index in [1.807, 2.05) is 6.92 Å². The summed E-state index contributed by atoms with van der Waals surface area (Å²) in [5.41, 5.74) is 0.795. The molecule has 1 fully saturated rings. The fourth-order valence-corrected chi connectivity index (χ4v) is 1.88. The van der Waals surface area contributed by atoms with Gasteiger partial charge in [-0.05, 0) is 30.7 Å². The second-order valence-electron chi connectivity index (χ2n) is 4.14. The van der Waals surface area contributed by atoms with E-state index in [1.165, 1.54) is 0 Å². The van der Waals surface area contributed by atoms with E-state index >= 15 is 0 Å². The maximum atomic E-state index is 11.8. The first-order chi connectivity index (χ1) is 9.11. The van der Waals surface area contributed by atoms with Crippen LogP contribution in [0.5, 0.6) is 0 Å². The number of amides is 3. The highest BCUT2D eigenvalue weighted by molar-refractivity contribution is 6.30. The summed E-state index contributed by atoms with van der Waals surface area (Å²) < 4.78 is 0. The van der Waals surface area contributed by atoms with E-state index in [2.05, 4.69) is 17.2 Å². The number of halogens is 1. The highest BCUT2D eigenvalue weighted by atomic mass is 35.5. The predicted octanol–water partition coefficient (Wildman–Crippen LogP) is 2.02. The van der Waals surface area contributed by atoms with Gasteiger partial charge in [0.2, 0.25) is 0 Å². The van der Waals surface area contributed by atoms with Crippen molar-refractivity contribution in [3.05, 3.63) is 34.9 Å². The highest BCUT2D eigenvalue weighted by Crippen LogP contribution is 2.09. The summed E-state index contributed by atoms with van der Waals surface area (Å²) in [5, 5.41) is 3.26. The molecule has 1 atom stereocenters. The zero-order valence-corrected chi connectivity index (χ0v) is 11.2. The predicted molar refractivity (Wildman–Crippen MR) is 72.7 cm³/mol. The van der Waals surface area contributed by atoms with Gasteiger partial charge in [0.25, 0.3) is 5.91 Å². The standard InChI is InChI=1S/C14H13ClN2O2/c1-2-12-13(18)17(14(19)16-12)9-3-4-10-5-7-11(15)8-6-10/h5-8,12H,2,9H2,1H3,(H,16,19). The molecule has 1 aliphatic heterocycles. The summed E-state index contributed by atoms with van der Waals surface area (Å²) >= 11 is 5.77. The van der Waals surface area contributed by atoms with Crippen LogP contribution in [0, 0.1) is 11.8 Å². The van der Waals surface area contributed by atoms with Gasteiger partial charge in [-0.1, -0.05) is 30.4 Å². The highest BCUT2D eigenvalue weighted by Gasteiger charge is 2.35. The lowest BCUT2D eigenvalue weighted by Gasteiger charge is -2.07. The minimum absolute atomic E-state index is 0.101. The molecule has 1 unspecified atom stereocenters. The molecule has 0 aliphatic carbocycles. The van der Waals surface area contributed by atoms with Crippen molar-refractivity contribution in [3.63, 3.8) is 0 Å². The Hall–Kier alpha value is -1.99. The molecule has 0 radical (unpaired) electrons. The van der Waals surface area contributed by atoms with Crippen molar-refractivity contribution in [3.8, 4) is 11.8 Å². The largest absolute Gasteiger partial charge is 0.326 e. The molecule has 0 bridgehead atoms. The summed E-state index contributed by atoms with van der Waals surface area (Å²) in [4.78, 5) is 24.5. The number of hydrogen-bond acceptors (Lipinski definition) is 2. The van der Waals surface area contributed by atoms with Crippen LogP contribution in [0.25, 0.3) is 0 Å². The lowest BCUT2D eigenvalue weighted by atomic mass is 10.2. The maximum absolute atomic E-state index is 11.8. The van der Waals surface area contributed by atoms with Gasteiger partial charge in [-0.15, -0.1) is 0 Å². The summed E-state index contributed by atoms with van der Waals surface area (Å²) in [5.74, 6) is 5.50. The molecule has 98 valence electrons. The normalized spacial score (nSPS) is 18.0. The zero-order valence-electron chi connectivity index (χ0n) is 10.4. The third kappa shape index (κ3) is 3.07. The molecule has 3 amide bonds. The molecule has 2 rings (SSSR count). The molecule has 1 N–H and O–H groups in total. The van der Waals surface area contributed by atoms with E-state index < -0.39 is 6.04 Å². The van der Waals surface area contributed by atoms with Gasteiger partial charge in [-0.2, -0.15) is 0 Å². The third-order valence-electron chi connectivity index (χ3n) is 2.83. The Morgan fingerprint density at radius 1 is 1.32 bits per heavy atom. The molecule has 0 aromatic heterocycles. The number of nitrogens with one attached hydrogen (secondary N) is 1. The number of carbonyl (C=O) groups excluding carboxylic acids is 2. The number of nitrogens with zero attached hydrogens (tertiary/aromatic N) is 1. The Morgan fingerprint density at radius 2 is 2.00 bits per heavy atom. The third-order valence-corrected chi connectivity index (χ3v) is 3.08. The average molecular weight is 277 g/mol. The number of benzene rings is 1. The number of urea groups is 1. The molecule has 1 heterocycles. The van der Waals surface area contributed by atoms with Crippen molar-refractivity contribution >= 4 is 23.5 Å². The van der Waals surface area contributed by atoms with Crippen LogP contribution in [-0.4, -0.2) is 29.4 Å². The van der Waals surface area contributed by atoms with Crippen LogP contribution in [0.1, 0.15) is 18.9 Å². The van der Waals surface area contributed by atoms with Crippen molar-refractivity contribution < 1.29 is 9.59 Å². The molecule has 1 saturated heterocycles. The number of hydrogen-bond donors (Lipinski definition) is 1. The van der Waals surface area contributed by atoms with Crippen LogP contribution in [0.4, 0.5) is 4.79 Å². The first kappa shape index (κ1) is 13.4. The molecule has 1 aromatic carbocycles. The number of carbonyl (C=O) groups is 2. The number of imide groups is 1. The van der Waals surface area contributed by atoms with Gasteiger partial charge in [0.1, 0.15) is 6.04 Å². The Labute approximate surface area is 116 Å². The average Bonchev–Trinajstić information content (AvgIpc) is 2.68. The van der Waals surface area contributed by atoms with E-state index in [1.54, 1.807) is 24.3 Å². The van der Waals surface area contributed by atoms with Gasteiger partial charge in [0.05, 0.1) is 6.54 Å². The van der Waals surface area contributed by atoms with Gasteiger partial charge in [0.15, 0.2) is 0 Å². The van der Waals surface area contributed by atoms with E-state index in [-0.39, 0.29) is 18.5 Å². The Kier molecular flexibility index (Phi) is 4.08. The number of rotatable bonds is 2. The SMILES string of the molecule is CCC1NC(=O)N(CC#Cc2ccc(Cl)cc2)C1=O. The van der Waals surface area contributed by atoms with E-state index in [0.29, 0.717) is 11.4 Å². The Balaban J connectivity index is 2.01. The summed E-state index contributed by atoms with van der Waals surface area (Å²) in [6.07, 6.45) is 0.589. The van der Waals surface area contributed by atoms with Crippen molar-refractivity contribution in [2.45, 2.75) is 19.4 Å². The summed E-state index contributed by atoms with van der Waals surface area (Å²) in [7, 11) is 0. The second-order valence-corrected chi connectivity index (χ2v) is 4.58. The van der Waals surface area contributed by atoms with Crippen LogP contribution < -0.4 is 5.32 Å². The van der Waals surface area contributed by atoms with Crippen molar-refractivity contribution in [2.75, 3.05) is 6.54 Å². The minimum Gasteiger partial charge on any atom is -0.326 e. The Morgan fingerprint density at radius 3 is 2.58 bits per heavy atom. The molecule has 1 aromatic rings. The van der Waals surface area contributed by atoms with Gasteiger partial charge in [0, 0.05) is 10.6 Å². The van der Waals surface area contributed by atoms with Crippen LogP contribution in [0.15, 0.2) is 24.3 Å². The van der Waals surface area contributed by atoms with E-state index in [9.17, 15) is 9.59 Å². The second kappa shape index (κ2) is 5.77. The van der Waals surface area contributed by atoms with E-state index in [0.717, 1.165) is 10.5 Å². The quantitative estimate of drug-likeness (QED) is 0.664. The first-order valence-corrected chi connectivity index (χ1v) is 6.36. The molecule has 0 spiro atoms. The molecular weight excluding hydrogens is 264 g/mol. The Bertz CT molecular complexity index is 557. The van der Waals surface area contributed by atoms with Crippen LogP contribution in [0.3, 0.4) is 0 Å².